The number of fused-ring (bicyclic) bond motifs is 1. The van der Waals surface area contributed by atoms with Crippen LogP contribution in [0.25, 0.3) is 10.2 Å². The SMILES string of the molecule is COc1ccc(C(=O)COC(=O)c2ccc3ncsc3c2)cc1. The topological polar surface area (TPSA) is 65.5 Å². The number of methoxy groups -OCH3 is 1. The van der Waals surface area contributed by atoms with E-state index in [1.807, 2.05) is 0 Å². The van der Waals surface area contributed by atoms with Crippen molar-refractivity contribution in [2.24, 2.45) is 0 Å². The molecule has 0 amide bonds. The maximum atomic E-state index is 12.0. The Kier molecular flexibility index (Phi) is 4.34. The van der Waals surface area contributed by atoms with E-state index >= 15 is 0 Å². The van der Waals surface area contributed by atoms with Crippen molar-refractivity contribution in [1.82, 2.24) is 4.98 Å². The Balaban J connectivity index is 1.64. The predicted molar refractivity (Wildman–Crippen MR) is 87.2 cm³/mol. The maximum absolute atomic E-state index is 12.0. The summed E-state index contributed by atoms with van der Waals surface area (Å²) in [6.45, 7) is -0.300. The number of hydrogen-bond acceptors (Lipinski definition) is 6. The third-order valence-corrected chi connectivity index (χ3v) is 4.11. The van der Waals surface area contributed by atoms with E-state index in [1.165, 1.54) is 11.3 Å². The molecule has 3 rings (SSSR count). The Hall–Kier alpha value is -2.73. The van der Waals surface area contributed by atoms with Crippen LogP contribution in [0.5, 0.6) is 5.75 Å². The first-order valence-electron chi connectivity index (χ1n) is 6.85. The molecule has 0 radical (unpaired) electrons. The molecule has 1 heterocycles. The van der Waals surface area contributed by atoms with E-state index in [0.29, 0.717) is 16.9 Å². The number of rotatable bonds is 5. The van der Waals surface area contributed by atoms with Crippen molar-refractivity contribution >= 4 is 33.3 Å². The van der Waals surface area contributed by atoms with Crippen molar-refractivity contribution < 1.29 is 19.1 Å². The number of thiazole rings is 1. The molecule has 0 aliphatic rings. The van der Waals surface area contributed by atoms with Gasteiger partial charge in [-0.25, -0.2) is 9.78 Å². The molecule has 2 aromatic carbocycles. The van der Waals surface area contributed by atoms with Gasteiger partial charge in [0.1, 0.15) is 5.75 Å². The summed E-state index contributed by atoms with van der Waals surface area (Å²) in [5.74, 6) is -0.126. The van der Waals surface area contributed by atoms with Crippen molar-refractivity contribution in [2.75, 3.05) is 13.7 Å². The van der Waals surface area contributed by atoms with Gasteiger partial charge in [0.25, 0.3) is 0 Å². The van der Waals surface area contributed by atoms with E-state index in [1.54, 1.807) is 55.1 Å². The minimum Gasteiger partial charge on any atom is -0.497 e. The number of aromatic nitrogens is 1. The van der Waals surface area contributed by atoms with Crippen molar-refractivity contribution in [2.45, 2.75) is 0 Å². The number of ketones is 1. The van der Waals surface area contributed by atoms with Gasteiger partial charge in [-0.2, -0.15) is 0 Å². The molecule has 0 aliphatic heterocycles. The molecule has 0 N–H and O–H groups in total. The van der Waals surface area contributed by atoms with Gasteiger partial charge in [0.15, 0.2) is 12.4 Å². The van der Waals surface area contributed by atoms with Crippen LogP contribution in [0.15, 0.2) is 48.0 Å². The van der Waals surface area contributed by atoms with Crippen LogP contribution < -0.4 is 4.74 Å². The summed E-state index contributed by atoms with van der Waals surface area (Å²) < 4.78 is 11.0. The van der Waals surface area contributed by atoms with Gasteiger partial charge in [-0.1, -0.05) is 0 Å². The molecule has 5 nitrogen and oxygen atoms in total. The highest BCUT2D eigenvalue weighted by molar-refractivity contribution is 7.16. The summed E-state index contributed by atoms with van der Waals surface area (Å²) >= 11 is 1.45. The lowest BCUT2D eigenvalue weighted by Gasteiger charge is -2.05. The molecule has 116 valence electrons. The van der Waals surface area contributed by atoms with Crippen LogP contribution in [-0.2, 0) is 4.74 Å². The number of benzene rings is 2. The van der Waals surface area contributed by atoms with Gasteiger partial charge in [0.05, 0.1) is 28.4 Å². The monoisotopic (exact) mass is 327 g/mol. The maximum Gasteiger partial charge on any atom is 0.338 e. The van der Waals surface area contributed by atoms with Crippen molar-refractivity contribution in [1.29, 1.82) is 0 Å². The molecular weight excluding hydrogens is 314 g/mol. The number of carbonyl (C=O) groups excluding carboxylic acids is 2. The molecule has 0 unspecified atom stereocenters. The van der Waals surface area contributed by atoms with Crippen molar-refractivity contribution in [3.05, 3.63) is 59.1 Å². The van der Waals surface area contributed by atoms with Gasteiger partial charge in [-0.3, -0.25) is 4.79 Å². The Morgan fingerprint density at radius 3 is 2.57 bits per heavy atom. The summed E-state index contributed by atoms with van der Waals surface area (Å²) in [5.41, 5.74) is 3.43. The zero-order valence-corrected chi connectivity index (χ0v) is 13.1. The lowest BCUT2D eigenvalue weighted by Crippen LogP contribution is -2.14. The number of esters is 1. The van der Waals surface area contributed by atoms with Gasteiger partial charge in [-0.15, -0.1) is 11.3 Å². The first kappa shape index (κ1) is 15.2. The molecule has 6 heteroatoms. The van der Waals surface area contributed by atoms with E-state index < -0.39 is 5.97 Å². The summed E-state index contributed by atoms with van der Waals surface area (Å²) in [6, 6.07) is 11.8. The molecule has 0 spiro atoms. The van der Waals surface area contributed by atoms with Crippen LogP contribution in [0.2, 0.25) is 0 Å². The van der Waals surface area contributed by atoms with Crippen LogP contribution in [0.1, 0.15) is 20.7 Å². The number of Topliss-reactive ketones (excluding diaryl/α,β-unsaturated/α-hetero) is 1. The highest BCUT2D eigenvalue weighted by Gasteiger charge is 2.13. The lowest BCUT2D eigenvalue weighted by atomic mass is 10.1. The van der Waals surface area contributed by atoms with E-state index in [4.69, 9.17) is 9.47 Å². The highest BCUT2D eigenvalue weighted by atomic mass is 32.1. The normalized spacial score (nSPS) is 10.5. The van der Waals surface area contributed by atoms with Crippen LogP contribution in [0, 0.1) is 0 Å². The number of ether oxygens (including phenoxy) is 2. The summed E-state index contributed by atoms with van der Waals surface area (Å²) in [7, 11) is 1.55. The smallest absolute Gasteiger partial charge is 0.338 e. The largest absolute Gasteiger partial charge is 0.497 e. The van der Waals surface area contributed by atoms with Gasteiger partial charge >= 0.3 is 5.97 Å². The second kappa shape index (κ2) is 6.58. The fourth-order valence-electron chi connectivity index (χ4n) is 2.06. The van der Waals surface area contributed by atoms with Gasteiger partial charge in [0, 0.05) is 5.56 Å². The molecule has 0 saturated carbocycles. The summed E-state index contributed by atoms with van der Waals surface area (Å²) in [5, 5.41) is 0. The summed E-state index contributed by atoms with van der Waals surface area (Å²) in [4.78, 5) is 28.2. The van der Waals surface area contributed by atoms with Crippen LogP contribution in [0.4, 0.5) is 0 Å². The Bertz CT molecular complexity index is 854. The zero-order chi connectivity index (χ0) is 16.2. The Labute approximate surface area is 136 Å². The quantitative estimate of drug-likeness (QED) is 0.531. The van der Waals surface area contributed by atoms with Crippen molar-refractivity contribution in [3.8, 4) is 5.75 Å². The first-order chi connectivity index (χ1) is 11.2. The third-order valence-electron chi connectivity index (χ3n) is 3.31. The molecule has 0 fully saturated rings. The molecule has 1 aromatic heterocycles. The number of nitrogens with zero attached hydrogens (tertiary/aromatic N) is 1. The fraction of sp³-hybridized carbons (Fsp3) is 0.118. The highest BCUT2D eigenvalue weighted by Crippen LogP contribution is 2.19. The summed E-state index contributed by atoms with van der Waals surface area (Å²) in [6.07, 6.45) is 0. The molecule has 0 bridgehead atoms. The minimum absolute atomic E-state index is 0.264. The molecule has 0 saturated heterocycles. The number of carbonyl (C=O) groups is 2. The van der Waals surface area contributed by atoms with Crippen LogP contribution >= 0.6 is 11.3 Å². The molecule has 0 aliphatic carbocycles. The van der Waals surface area contributed by atoms with E-state index in [-0.39, 0.29) is 12.4 Å². The Morgan fingerprint density at radius 1 is 1.09 bits per heavy atom. The average molecular weight is 327 g/mol. The molecular formula is C17H13NO4S. The molecule has 3 aromatic rings. The Morgan fingerprint density at radius 2 is 1.83 bits per heavy atom. The van der Waals surface area contributed by atoms with E-state index in [2.05, 4.69) is 4.98 Å². The first-order valence-corrected chi connectivity index (χ1v) is 7.73. The predicted octanol–water partition coefficient (Wildman–Crippen LogP) is 3.34. The third kappa shape index (κ3) is 3.37. The van der Waals surface area contributed by atoms with Crippen LogP contribution in [-0.4, -0.2) is 30.5 Å². The number of hydrogen-bond donors (Lipinski definition) is 0. The van der Waals surface area contributed by atoms with Gasteiger partial charge in [-0.05, 0) is 42.5 Å². The standard InChI is InChI=1S/C17H13NO4S/c1-21-13-5-2-11(3-6-13)15(19)9-22-17(20)12-4-7-14-16(8-12)23-10-18-14/h2-8,10H,9H2,1H3. The second-order valence-electron chi connectivity index (χ2n) is 4.76. The van der Waals surface area contributed by atoms with Gasteiger partial charge in [0.2, 0.25) is 0 Å². The fourth-order valence-corrected chi connectivity index (χ4v) is 2.77. The molecule has 0 atom stereocenters. The average Bonchev–Trinajstić information content (AvgIpc) is 3.07. The van der Waals surface area contributed by atoms with E-state index in [0.717, 1.165) is 10.2 Å². The van der Waals surface area contributed by atoms with E-state index in [9.17, 15) is 9.59 Å². The lowest BCUT2D eigenvalue weighted by molar-refractivity contribution is 0.0475. The second-order valence-corrected chi connectivity index (χ2v) is 5.65. The van der Waals surface area contributed by atoms with Crippen LogP contribution in [0.3, 0.4) is 0 Å². The minimum atomic E-state index is -0.526. The van der Waals surface area contributed by atoms with Crippen molar-refractivity contribution in [3.63, 3.8) is 0 Å². The molecule has 23 heavy (non-hydrogen) atoms. The zero-order valence-electron chi connectivity index (χ0n) is 12.3. The van der Waals surface area contributed by atoms with Gasteiger partial charge < -0.3 is 9.47 Å².